The van der Waals surface area contributed by atoms with Gasteiger partial charge in [0.2, 0.25) is 11.7 Å². The Bertz CT molecular complexity index is 720. The van der Waals surface area contributed by atoms with Crippen LogP contribution in [0.2, 0.25) is 0 Å². The topological polar surface area (TPSA) is 88.5 Å². The van der Waals surface area contributed by atoms with Crippen LogP contribution in [0.4, 0.5) is 0 Å². The molecule has 1 unspecified atom stereocenters. The molecule has 1 saturated carbocycles. The molecule has 122 valence electrons. The first-order valence-electron chi connectivity index (χ1n) is 7.86. The third-order valence-corrected chi connectivity index (χ3v) is 4.52. The molecule has 2 aromatic rings. The summed E-state index contributed by atoms with van der Waals surface area (Å²) >= 11 is 0. The normalized spacial score (nSPS) is 22.5. The Morgan fingerprint density at radius 3 is 2.87 bits per heavy atom. The van der Waals surface area contributed by atoms with Gasteiger partial charge in [0, 0.05) is 25.6 Å². The van der Waals surface area contributed by atoms with Crippen molar-refractivity contribution in [3.05, 3.63) is 29.6 Å². The molecule has 1 atom stereocenters. The molecule has 23 heavy (non-hydrogen) atoms. The fourth-order valence-corrected chi connectivity index (χ4v) is 2.98. The van der Waals surface area contributed by atoms with Crippen molar-refractivity contribution in [2.45, 2.75) is 31.7 Å². The van der Waals surface area contributed by atoms with Gasteiger partial charge in [-0.3, -0.25) is 9.69 Å². The molecule has 0 aromatic carbocycles. The standard InChI is InChI=1S/C15H19N5O3/c1-9-17-14(23-18-9)11-7-20(6-5-19(11)2)15(21)13-12(10-3-4-10)16-8-22-13/h8,10-11H,3-7H2,1-2H3. The maximum atomic E-state index is 12.8. The van der Waals surface area contributed by atoms with Crippen molar-refractivity contribution < 1.29 is 13.7 Å². The van der Waals surface area contributed by atoms with Crippen LogP contribution in [0.1, 0.15) is 52.8 Å². The maximum Gasteiger partial charge on any atom is 0.291 e. The molecule has 2 fully saturated rings. The number of nitrogens with zero attached hydrogens (tertiary/aromatic N) is 5. The minimum absolute atomic E-state index is 0.0961. The lowest BCUT2D eigenvalue weighted by Gasteiger charge is -2.37. The molecule has 0 spiro atoms. The van der Waals surface area contributed by atoms with Crippen LogP contribution >= 0.6 is 0 Å². The van der Waals surface area contributed by atoms with E-state index < -0.39 is 0 Å². The summed E-state index contributed by atoms with van der Waals surface area (Å²) in [5.74, 6) is 1.82. The van der Waals surface area contributed by atoms with E-state index in [9.17, 15) is 4.79 Å². The number of oxazole rings is 1. The molecule has 1 aliphatic heterocycles. The molecule has 1 amide bonds. The van der Waals surface area contributed by atoms with Crippen molar-refractivity contribution in [3.8, 4) is 0 Å². The van der Waals surface area contributed by atoms with Crippen LogP contribution in [0.15, 0.2) is 15.3 Å². The highest BCUT2D eigenvalue weighted by Gasteiger charge is 2.37. The van der Waals surface area contributed by atoms with Gasteiger partial charge in [-0.05, 0) is 26.8 Å². The van der Waals surface area contributed by atoms with Gasteiger partial charge in [0.05, 0.1) is 5.69 Å². The second-order valence-electron chi connectivity index (χ2n) is 6.27. The molecule has 8 heteroatoms. The van der Waals surface area contributed by atoms with Crippen LogP contribution in [-0.4, -0.2) is 57.5 Å². The smallest absolute Gasteiger partial charge is 0.291 e. The molecule has 2 aromatic heterocycles. The Kier molecular flexibility index (Phi) is 3.41. The van der Waals surface area contributed by atoms with E-state index in [1.54, 1.807) is 11.8 Å². The third kappa shape index (κ3) is 2.63. The van der Waals surface area contributed by atoms with Gasteiger partial charge in [-0.25, -0.2) is 4.98 Å². The van der Waals surface area contributed by atoms with Crippen LogP contribution < -0.4 is 0 Å². The average Bonchev–Trinajstić information content (AvgIpc) is 3.11. The second kappa shape index (κ2) is 5.45. The van der Waals surface area contributed by atoms with E-state index in [2.05, 4.69) is 20.0 Å². The van der Waals surface area contributed by atoms with Crippen LogP contribution in [0.5, 0.6) is 0 Å². The number of aryl methyl sites for hydroxylation is 1. The molecular formula is C15H19N5O3. The summed E-state index contributed by atoms with van der Waals surface area (Å²) in [6.45, 7) is 3.67. The molecule has 0 bridgehead atoms. The Balaban J connectivity index is 1.54. The number of carbonyl (C=O) groups excluding carboxylic acids is 1. The first-order valence-corrected chi connectivity index (χ1v) is 7.86. The summed E-state index contributed by atoms with van der Waals surface area (Å²) < 4.78 is 10.7. The predicted octanol–water partition coefficient (Wildman–Crippen LogP) is 1.37. The molecule has 8 nitrogen and oxygen atoms in total. The number of amides is 1. The van der Waals surface area contributed by atoms with Crippen molar-refractivity contribution in [3.63, 3.8) is 0 Å². The highest BCUT2D eigenvalue weighted by atomic mass is 16.5. The maximum absolute atomic E-state index is 12.8. The summed E-state index contributed by atoms with van der Waals surface area (Å²) in [7, 11) is 2.00. The largest absolute Gasteiger partial charge is 0.438 e. The molecule has 3 heterocycles. The highest BCUT2D eigenvalue weighted by molar-refractivity contribution is 5.92. The number of likely N-dealkylation sites (N-methyl/N-ethyl adjacent to an activating group) is 1. The zero-order chi connectivity index (χ0) is 16.0. The summed E-state index contributed by atoms with van der Waals surface area (Å²) in [5.41, 5.74) is 0.805. The van der Waals surface area contributed by atoms with Crippen LogP contribution in [-0.2, 0) is 0 Å². The van der Waals surface area contributed by atoms with Gasteiger partial charge in [0.25, 0.3) is 5.91 Å². The molecule has 4 rings (SSSR count). The molecule has 1 saturated heterocycles. The summed E-state index contributed by atoms with van der Waals surface area (Å²) in [4.78, 5) is 25.2. The number of aromatic nitrogens is 3. The highest BCUT2D eigenvalue weighted by Crippen LogP contribution is 2.41. The van der Waals surface area contributed by atoms with Gasteiger partial charge in [0.15, 0.2) is 12.2 Å². The van der Waals surface area contributed by atoms with Crippen molar-refractivity contribution in [2.24, 2.45) is 0 Å². The quantitative estimate of drug-likeness (QED) is 0.844. The predicted molar refractivity (Wildman–Crippen MR) is 78.8 cm³/mol. The number of carbonyl (C=O) groups is 1. The van der Waals surface area contributed by atoms with E-state index in [-0.39, 0.29) is 11.9 Å². The first-order chi connectivity index (χ1) is 11.1. The van der Waals surface area contributed by atoms with Crippen LogP contribution in [0.3, 0.4) is 0 Å². The fraction of sp³-hybridized carbons (Fsp3) is 0.600. The van der Waals surface area contributed by atoms with E-state index in [0.29, 0.717) is 36.5 Å². The van der Waals surface area contributed by atoms with Gasteiger partial charge in [-0.1, -0.05) is 5.16 Å². The van der Waals surface area contributed by atoms with E-state index in [4.69, 9.17) is 8.94 Å². The number of hydrogen-bond acceptors (Lipinski definition) is 7. The Morgan fingerprint density at radius 2 is 2.17 bits per heavy atom. The molecular weight excluding hydrogens is 298 g/mol. The zero-order valence-electron chi connectivity index (χ0n) is 13.2. The minimum atomic E-state index is -0.0984. The number of piperazine rings is 1. The van der Waals surface area contributed by atoms with E-state index in [0.717, 1.165) is 25.1 Å². The lowest BCUT2D eigenvalue weighted by Crippen LogP contribution is -2.49. The van der Waals surface area contributed by atoms with E-state index in [1.165, 1.54) is 6.39 Å². The van der Waals surface area contributed by atoms with E-state index >= 15 is 0 Å². The molecule has 1 aliphatic carbocycles. The van der Waals surface area contributed by atoms with Crippen molar-refractivity contribution in [1.82, 2.24) is 24.9 Å². The number of hydrogen-bond donors (Lipinski definition) is 0. The van der Waals surface area contributed by atoms with Crippen molar-refractivity contribution >= 4 is 5.91 Å². The van der Waals surface area contributed by atoms with Gasteiger partial charge >= 0.3 is 0 Å². The monoisotopic (exact) mass is 317 g/mol. The third-order valence-electron chi connectivity index (χ3n) is 4.52. The molecule has 2 aliphatic rings. The molecule has 0 radical (unpaired) electrons. The average molecular weight is 317 g/mol. The SMILES string of the molecule is Cc1noc(C2CN(C(=O)c3ocnc3C3CC3)CCN2C)n1. The minimum Gasteiger partial charge on any atom is -0.438 e. The van der Waals surface area contributed by atoms with Gasteiger partial charge in [-0.15, -0.1) is 0 Å². The lowest BCUT2D eigenvalue weighted by atomic mass is 10.1. The summed E-state index contributed by atoms with van der Waals surface area (Å²) in [5, 5.41) is 3.85. The summed E-state index contributed by atoms with van der Waals surface area (Å²) in [6, 6.07) is -0.0961. The van der Waals surface area contributed by atoms with Gasteiger partial charge < -0.3 is 13.8 Å². The fourth-order valence-electron chi connectivity index (χ4n) is 2.98. The number of rotatable bonds is 3. The Morgan fingerprint density at radius 1 is 1.35 bits per heavy atom. The van der Waals surface area contributed by atoms with Crippen molar-refractivity contribution in [1.29, 1.82) is 0 Å². The van der Waals surface area contributed by atoms with E-state index in [1.807, 2.05) is 7.05 Å². The van der Waals surface area contributed by atoms with Crippen LogP contribution in [0, 0.1) is 6.92 Å². The van der Waals surface area contributed by atoms with Gasteiger partial charge in [-0.2, -0.15) is 4.98 Å². The summed E-state index contributed by atoms with van der Waals surface area (Å²) in [6.07, 6.45) is 3.54. The van der Waals surface area contributed by atoms with Crippen molar-refractivity contribution in [2.75, 3.05) is 26.7 Å². The molecule has 0 N–H and O–H groups in total. The first kappa shape index (κ1) is 14.4. The second-order valence-corrected chi connectivity index (χ2v) is 6.27. The Labute approximate surface area is 133 Å². The van der Waals surface area contributed by atoms with Crippen LogP contribution in [0.25, 0.3) is 0 Å². The Hall–Kier alpha value is -2.22. The zero-order valence-corrected chi connectivity index (χ0v) is 13.2. The lowest BCUT2D eigenvalue weighted by molar-refractivity contribution is 0.0460. The van der Waals surface area contributed by atoms with Gasteiger partial charge in [0.1, 0.15) is 6.04 Å².